The summed E-state index contributed by atoms with van der Waals surface area (Å²) < 4.78 is 26.7. The summed E-state index contributed by atoms with van der Waals surface area (Å²) in [6, 6.07) is 1.85. The van der Waals surface area contributed by atoms with Gasteiger partial charge in [0.1, 0.15) is 0 Å². The van der Waals surface area contributed by atoms with E-state index >= 15 is 0 Å². The van der Waals surface area contributed by atoms with Crippen LogP contribution in [0.25, 0.3) is 0 Å². The molecule has 110 valence electrons. The highest BCUT2D eigenvalue weighted by Crippen LogP contribution is 2.26. The minimum Gasteiger partial charge on any atom is -0.396 e. The van der Waals surface area contributed by atoms with Crippen molar-refractivity contribution >= 4 is 21.8 Å². The predicted molar refractivity (Wildman–Crippen MR) is 74.4 cm³/mol. The Morgan fingerprint density at radius 1 is 1.35 bits per heavy atom. The Labute approximate surface area is 124 Å². The molecular weight excluding hydrogens is 332 g/mol. The zero-order chi connectivity index (χ0) is 14.7. The zero-order valence-corrected chi connectivity index (χ0v) is 12.5. The number of halogens is 3. The van der Waals surface area contributed by atoms with Crippen LogP contribution in [0.15, 0.2) is 16.6 Å². The third-order valence-electron chi connectivity index (χ3n) is 3.59. The number of rotatable bonds is 3. The molecule has 1 saturated heterocycles. The predicted octanol–water partition coefficient (Wildman–Crippen LogP) is 3.10. The maximum Gasteiger partial charge on any atom is 0.255 e. The third-order valence-corrected chi connectivity index (χ3v) is 4.25. The first-order chi connectivity index (χ1) is 9.54. The quantitative estimate of drug-likeness (QED) is 0.853. The Hall–Kier alpha value is -1.01. The van der Waals surface area contributed by atoms with Gasteiger partial charge in [-0.25, -0.2) is 8.78 Å². The molecular formula is C14H16BrF2NO2. The fraction of sp³-hybridized carbons (Fsp3) is 0.500. The van der Waals surface area contributed by atoms with Gasteiger partial charge in [-0.05, 0) is 53.7 Å². The molecule has 1 fully saturated rings. The molecule has 1 aromatic carbocycles. The molecule has 1 heterocycles. The number of carbonyl (C=O) groups is 1. The SMILES string of the molecule is O=C(c1cc(F)c(F)cc1Br)N1CCCC[C@@H]1CCO. The number of hydrogen-bond donors (Lipinski definition) is 1. The van der Waals surface area contributed by atoms with E-state index in [0.717, 1.165) is 31.4 Å². The van der Waals surface area contributed by atoms with Gasteiger partial charge in [-0.1, -0.05) is 0 Å². The number of aliphatic hydroxyl groups excluding tert-OH is 1. The van der Waals surface area contributed by atoms with Crippen LogP contribution in [0.4, 0.5) is 8.78 Å². The minimum absolute atomic E-state index is 0.00734. The van der Waals surface area contributed by atoms with Gasteiger partial charge in [-0.2, -0.15) is 0 Å². The van der Waals surface area contributed by atoms with E-state index in [0.29, 0.717) is 13.0 Å². The van der Waals surface area contributed by atoms with Crippen LogP contribution in [-0.4, -0.2) is 35.1 Å². The Morgan fingerprint density at radius 3 is 2.75 bits per heavy atom. The number of likely N-dealkylation sites (tertiary alicyclic amines) is 1. The van der Waals surface area contributed by atoms with E-state index in [-0.39, 0.29) is 28.6 Å². The number of hydrogen-bond acceptors (Lipinski definition) is 2. The van der Waals surface area contributed by atoms with Crippen molar-refractivity contribution < 1.29 is 18.7 Å². The molecule has 0 radical (unpaired) electrons. The number of aliphatic hydroxyl groups is 1. The second-order valence-corrected chi connectivity index (χ2v) is 5.76. The van der Waals surface area contributed by atoms with Crippen molar-refractivity contribution in [2.75, 3.05) is 13.2 Å². The molecule has 0 aromatic heterocycles. The van der Waals surface area contributed by atoms with E-state index in [4.69, 9.17) is 5.11 Å². The standard InChI is InChI=1S/C14H16BrF2NO2/c15-11-8-13(17)12(16)7-10(11)14(20)18-5-2-1-3-9(18)4-6-19/h7-9,19H,1-6H2/t9-/m1/s1. The summed E-state index contributed by atoms with van der Waals surface area (Å²) in [4.78, 5) is 14.1. The number of carbonyl (C=O) groups excluding carboxylic acids is 1. The number of piperidine rings is 1. The van der Waals surface area contributed by atoms with Crippen LogP contribution in [0.5, 0.6) is 0 Å². The van der Waals surface area contributed by atoms with Crippen molar-refractivity contribution in [1.82, 2.24) is 4.90 Å². The third kappa shape index (κ3) is 3.17. The van der Waals surface area contributed by atoms with Crippen molar-refractivity contribution in [2.24, 2.45) is 0 Å². The first-order valence-electron chi connectivity index (χ1n) is 6.61. The van der Waals surface area contributed by atoms with Gasteiger partial charge >= 0.3 is 0 Å². The molecule has 3 nitrogen and oxygen atoms in total. The molecule has 0 aliphatic carbocycles. The summed E-state index contributed by atoms with van der Waals surface area (Å²) in [6.45, 7) is 0.586. The summed E-state index contributed by atoms with van der Waals surface area (Å²) in [5, 5.41) is 9.07. The maximum absolute atomic E-state index is 13.3. The highest BCUT2D eigenvalue weighted by molar-refractivity contribution is 9.10. The molecule has 1 aliphatic rings. The topological polar surface area (TPSA) is 40.5 Å². The lowest BCUT2D eigenvalue weighted by Gasteiger charge is -2.35. The van der Waals surface area contributed by atoms with Crippen molar-refractivity contribution in [2.45, 2.75) is 31.7 Å². The van der Waals surface area contributed by atoms with E-state index < -0.39 is 11.6 Å². The molecule has 0 bridgehead atoms. The fourth-order valence-electron chi connectivity index (χ4n) is 2.56. The molecule has 1 N–H and O–H groups in total. The van der Waals surface area contributed by atoms with Gasteiger partial charge in [0.15, 0.2) is 11.6 Å². The summed E-state index contributed by atoms with van der Waals surface area (Å²) in [5.74, 6) is -2.35. The first-order valence-corrected chi connectivity index (χ1v) is 7.40. The Kier molecular flexibility index (Phi) is 5.10. The average Bonchev–Trinajstić information content (AvgIpc) is 2.43. The second kappa shape index (κ2) is 6.63. The van der Waals surface area contributed by atoms with Crippen LogP contribution < -0.4 is 0 Å². The first kappa shape index (κ1) is 15.4. The summed E-state index contributed by atoms with van der Waals surface area (Å²) in [6.07, 6.45) is 3.23. The van der Waals surface area contributed by atoms with E-state index in [2.05, 4.69) is 15.9 Å². The monoisotopic (exact) mass is 347 g/mol. The number of amides is 1. The molecule has 0 saturated carbocycles. The summed E-state index contributed by atoms with van der Waals surface area (Å²) in [7, 11) is 0. The van der Waals surface area contributed by atoms with E-state index in [1.165, 1.54) is 0 Å². The van der Waals surface area contributed by atoms with Gasteiger partial charge in [0.2, 0.25) is 0 Å². The lowest BCUT2D eigenvalue weighted by Crippen LogP contribution is -2.44. The van der Waals surface area contributed by atoms with Crippen LogP contribution in [0.1, 0.15) is 36.0 Å². The van der Waals surface area contributed by atoms with Crippen LogP contribution in [0.2, 0.25) is 0 Å². The van der Waals surface area contributed by atoms with Crippen LogP contribution in [0, 0.1) is 11.6 Å². The molecule has 1 aromatic rings. The van der Waals surface area contributed by atoms with Crippen LogP contribution >= 0.6 is 15.9 Å². The number of nitrogens with zero attached hydrogens (tertiary/aromatic N) is 1. The van der Waals surface area contributed by atoms with E-state index in [1.807, 2.05) is 0 Å². The molecule has 0 unspecified atom stereocenters. The van der Waals surface area contributed by atoms with Gasteiger partial charge in [-0.3, -0.25) is 4.79 Å². The van der Waals surface area contributed by atoms with Gasteiger partial charge in [-0.15, -0.1) is 0 Å². The largest absolute Gasteiger partial charge is 0.396 e. The average molecular weight is 348 g/mol. The van der Waals surface area contributed by atoms with Gasteiger partial charge in [0.25, 0.3) is 5.91 Å². The molecule has 20 heavy (non-hydrogen) atoms. The lowest BCUT2D eigenvalue weighted by atomic mass is 9.98. The molecule has 1 aliphatic heterocycles. The second-order valence-electron chi connectivity index (χ2n) is 4.91. The molecule has 1 atom stereocenters. The fourth-order valence-corrected chi connectivity index (χ4v) is 3.04. The maximum atomic E-state index is 13.3. The molecule has 0 spiro atoms. The highest BCUT2D eigenvalue weighted by Gasteiger charge is 2.28. The minimum atomic E-state index is -1.03. The van der Waals surface area contributed by atoms with Crippen LogP contribution in [0.3, 0.4) is 0 Å². The van der Waals surface area contributed by atoms with E-state index in [9.17, 15) is 13.6 Å². The Balaban J connectivity index is 2.27. The van der Waals surface area contributed by atoms with Crippen molar-refractivity contribution in [3.63, 3.8) is 0 Å². The molecule has 6 heteroatoms. The summed E-state index contributed by atoms with van der Waals surface area (Å²) >= 11 is 3.10. The van der Waals surface area contributed by atoms with Gasteiger partial charge < -0.3 is 10.0 Å². The van der Waals surface area contributed by atoms with Gasteiger partial charge in [0, 0.05) is 23.7 Å². The lowest BCUT2D eigenvalue weighted by molar-refractivity contribution is 0.0573. The van der Waals surface area contributed by atoms with Crippen molar-refractivity contribution in [3.8, 4) is 0 Å². The summed E-state index contributed by atoms with van der Waals surface area (Å²) in [5.41, 5.74) is 0.119. The van der Waals surface area contributed by atoms with Crippen molar-refractivity contribution in [3.05, 3.63) is 33.8 Å². The Bertz CT molecular complexity index is 508. The van der Waals surface area contributed by atoms with Crippen LogP contribution in [-0.2, 0) is 0 Å². The van der Waals surface area contributed by atoms with Gasteiger partial charge in [0.05, 0.1) is 5.56 Å². The smallest absolute Gasteiger partial charge is 0.255 e. The zero-order valence-electron chi connectivity index (χ0n) is 10.9. The Morgan fingerprint density at radius 2 is 2.05 bits per heavy atom. The highest BCUT2D eigenvalue weighted by atomic mass is 79.9. The van der Waals surface area contributed by atoms with Crippen molar-refractivity contribution in [1.29, 1.82) is 0 Å². The van der Waals surface area contributed by atoms with E-state index in [1.54, 1.807) is 4.90 Å². The normalized spacial score (nSPS) is 19.2. The number of benzene rings is 1. The molecule has 1 amide bonds. The molecule has 2 rings (SSSR count).